The molecule has 0 amide bonds. The molecule has 0 aliphatic carbocycles. The highest BCUT2D eigenvalue weighted by atomic mass is 79.9. The number of nitro benzene ring substituents is 1. The first-order chi connectivity index (χ1) is 7.54. The fourth-order valence-corrected chi connectivity index (χ4v) is 1.74. The van der Waals surface area contributed by atoms with E-state index in [4.69, 9.17) is 0 Å². The van der Waals surface area contributed by atoms with Gasteiger partial charge in [0.15, 0.2) is 0 Å². The van der Waals surface area contributed by atoms with E-state index in [2.05, 4.69) is 28.2 Å². The summed E-state index contributed by atoms with van der Waals surface area (Å²) < 4.78 is 0.711. The Kier molecular flexibility index (Phi) is 5.08. The molecular weight excluding hydrogens is 292 g/mol. The molecule has 1 rings (SSSR count). The number of hydrogen-bond acceptors (Lipinski definition) is 4. The maximum Gasteiger partial charge on any atom is 0.293 e. The van der Waals surface area contributed by atoms with Gasteiger partial charge >= 0.3 is 0 Å². The molecule has 0 radical (unpaired) electrons. The molecular formula is C10H13BrN2O2S. The van der Waals surface area contributed by atoms with Crippen LogP contribution in [0.5, 0.6) is 0 Å². The number of halogens is 1. The van der Waals surface area contributed by atoms with Crippen LogP contribution in [0.15, 0.2) is 22.7 Å². The molecule has 1 atom stereocenters. The molecule has 0 aliphatic rings. The maximum atomic E-state index is 10.8. The van der Waals surface area contributed by atoms with E-state index in [9.17, 15) is 10.1 Å². The third-order valence-electron chi connectivity index (χ3n) is 2.14. The van der Waals surface area contributed by atoms with Gasteiger partial charge in [0.2, 0.25) is 0 Å². The molecule has 0 spiro atoms. The molecule has 0 saturated heterocycles. The standard InChI is InChI=1S/C10H13BrN2O2S/c1-7(16-2)6-12-9-4-3-8(11)5-10(9)13(14)15/h3-5,7,12H,6H2,1-2H3. The Morgan fingerprint density at radius 3 is 2.88 bits per heavy atom. The Morgan fingerprint density at radius 2 is 2.31 bits per heavy atom. The summed E-state index contributed by atoms with van der Waals surface area (Å²) in [6, 6.07) is 5.01. The largest absolute Gasteiger partial charge is 0.378 e. The lowest BCUT2D eigenvalue weighted by atomic mass is 10.2. The van der Waals surface area contributed by atoms with E-state index >= 15 is 0 Å². The molecule has 1 N–H and O–H groups in total. The predicted octanol–water partition coefficient (Wildman–Crippen LogP) is 3.52. The van der Waals surface area contributed by atoms with Gasteiger partial charge in [-0.15, -0.1) is 0 Å². The molecule has 0 aliphatic heterocycles. The molecule has 1 unspecified atom stereocenters. The molecule has 4 nitrogen and oxygen atoms in total. The van der Waals surface area contributed by atoms with Gasteiger partial charge in [-0.1, -0.05) is 22.9 Å². The second-order valence-electron chi connectivity index (χ2n) is 3.35. The van der Waals surface area contributed by atoms with Gasteiger partial charge < -0.3 is 5.32 Å². The van der Waals surface area contributed by atoms with Crippen molar-refractivity contribution in [3.63, 3.8) is 0 Å². The van der Waals surface area contributed by atoms with Crippen LogP contribution in [0.2, 0.25) is 0 Å². The zero-order chi connectivity index (χ0) is 12.1. The number of nitrogens with zero attached hydrogens (tertiary/aromatic N) is 1. The van der Waals surface area contributed by atoms with E-state index in [1.54, 1.807) is 23.9 Å². The minimum atomic E-state index is -0.378. The predicted molar refractivity (Wildman–Crippen MR) is 72.3 cm³/mol. The SMILES string of the molecule is CSC(C)CNc1ccc(Br)cc1[N+](=O)[O-]. The number of benzene rings is 1. The van der Waals surface area contributed by atoms with Crippen molar-refractivity contribution in [2.45, 2.75) is 12.2 Å². The first kappa shape index (κ1) is 13.3. The van der Waals surface area contributed by atoms with Crippen LogP contribution < -0.4 is 5.32 Å². The summed E-state index contributed by atoms with van der Waals surface area (Å²) in [7, 11) is 0. The zero-order valence-electron chi connectivity index (χ0n) is 9.07. The van der Waals surface area contributed by atoms with E-state index in [0.29, 0.717) is 22.0 Å². The zero-order valence-corrected chi connectivity index (χ0v) is 11.5. The van der Waals surface area contributed by atoms with Gasteiger partial charge in [0.1, 0.15) is 5.69 Å². The highest BCUT2D eigenvalue weighted by molar-refractivity contribution is 9.10. The number of nitro groups is 1. The van der Waals surface area contributed by atoms with Gasteiger partial charge in [0.05, 0.1) is 4.92 Å². The smallest absolute Gasteiger partial charge is 0.293 e. The number of rotatable bonds is 5. The summed E-state index contributed by atoms with van der Waals surface area (Å²) in [4.78, 5) is 10.4. The fourth-order valence-electron chi connectivity index (χ4n) is 1.14. The lowest BCUT2D eigenvalue weighted by Gasteiger charge is -2.11. The van der Waals surface area contributed by atoms with Crippen molar-refractivity contribution >= 4 is 39.1 Å². The Morgan fingerprint density at radius 1 is 1.62 bits per heavy atom. The van der Waals surface area contributed by atoms with Crippen LogP contribution in [0.1, 0.15) is 6.92 Å². The minimum Gasteiger partial charge on any atom is -0.378 e. The third-order valence-corrected chi connectivity index (χ3v) is 3.60. The van der Waals surface area contributed by atoms with Gasteiger partial charge in [0, 0.05) is 22.3 Å². The number of anilines is 1. The second kappa shape index (κ2) is 6.10. The molecule has 1 aromatic carbocycles. The second-order valence-corrected chi connectivity index (χ2v) is 5.54. The minimum absolute atomic E-state index is 0.0997. The van der Waals surface area contributed by atoms with E-state index in [-0.39, 0.29) is 10.6 Å². The van der Waals surface area contributed by atoms with Gasteiger partial charge in [-0.05, 0) is 18.4 Å². The Bertz CT molecular complexity index is 387. The van der Waals surface area contributed by atoms with Crippen LogP contribution in [0.25, 0.3) is 0 Å². The van der Waals surface area contributed by atoms with Gasteiger partial charge in [-0.2, -0.15) is 11.8 Å². The Labute approximate surface area is 107 Å². The van der Waals surface area contributed by atoms with Crippen LogP contribution in [0.3, 0.4) is 0 Å². The average Bonchev–Trinajstić information content (AvgIpc) is 2.26. The topological polar surface area (TPSA) is 55.2 Å². The molecule has 0 fully saturated rings. The van der Waals surface area contributed by atoms with Crippen molar-refractivity contribution < 1.29 is 4.92 Å². The monoisotopic (exact) mass is 304 g/mol. The summed E-state index contributed by atoms with van der Waals surface area (Å²) in [6.45, 7) is 2.78. The van der Waals surface area contributed by atoms with Crippen LogP contribution in [-0.2, 0) is 0 Å². The highest BCUT2D eigenvalue weighted by Gasteiger charge is 2.14. The van der Waals surface area contributed by atoms with Crippen molar-refractivity contribution in [2.75, 3.05) is 18.1 Å². The summed E-state index contributed by atoms with van der Waals surface area (Å²) >= 11 is 4.94. The first-order valence-corrected chi connectivity index (χ1v) is 6.83. The highest BCUT2D eigenvalue weighted by Crippen LogP contribution is 2.28. The van der Waals surface area contributed by atoms with Crippen LogP contribution in [0, 0.1) is 10.1 Å². The maximum absolute atomic E-state index is 10.8. The lowest BCUT2D eigenvalue weighted by Crippen LogP contribution is -2.13. The van der Waals surface area contributed by atoms with Crippen molar-refractivity contribution in [1.82, 2.24) is 0 Å². The quantitative estimate of drug-likeness (QED) is 0.668. The number of thioether (sulfide) groups is 1. The molecule has 0 aromatic heterocycles. The normalized spacial score (nSPS) is 12.2. The Hall–Kier alpha value is -0.750. The van der Waals surface area contributed by atoms with Gasteiger partial charge in [0.25, 0.3) is 5.69 Å². The van der Waals surface area contributed by atoms with Gasteiger partial charge in [-0.25, -0.2) is 0 Å². The number of nitrogens with one attached hydrogen (secondary N) is 1. The summed E-state index contributed by atoms with van der Waals surface area (Å²) in [5.74, 6) is 0. The van der Waals surface area contributed by atoms with Gasteiger partial charge in [-0.3, -0.25) is 10.1 Å². The van der Waals surface area contributed by atoms with E-state index in [1.807, 2.05) is 6.26 Å². The Balaban J connectivity index is 2.82. The average molecular weight is 305 g/mol. The number of hydrogen-bond donors (Lipinski definition) is 1. The molecule has 6 heteroatoms. The summed E-state index contributed by atoms with van der Waals surface area (Å²) in [5, 5.41) is 14.3. The molecule has 0 bridgehead atoms. The van der Waals surface area contributed by atoms with Crippen molar-refractivity contribution in [3.8, 4) is 0 Å². The molecule has 16 heavy (non-hydrogen) atoms. The summed E-state index contributed by atoms with van der Waals surface area (Å²) in [5.41, 5.74) is 0.664. The molecule has 0 heterocycles. The molecule has 0 saturated carbocycles. The van der Waals surface area contributed by atoms with E-state index in [1.165, 1.54) is 6.07 Å². The summed E-state index contributed by atoms with van der Waals surface area (Å²) in [6.07, 6.45) is 2.02. The first-order valence-electron chi connectivity index (χ1n) is 4.75. The van der Waals surface area contributed by atoms with Crippen molar-refractivity contribution in [2.24, 2.45) is 0 Å². The van der Waals surface area contributed by atoms with E-state index in [0.717, 1.165) is 0 Å². The van der Waals surface area contributed by atoms with E-state index < -0.39 is 0 Å². The molecule has 1 aromatic rings. The molecule has 88 valence electrons. The fraction of sp³-hybridized carbons (Fsp3) is 0.400. The third kappa shape index (κ3) is 3.68. The van der Waals surface area contributed by atoms with Crippen LogP contribution in [0.4, 0.5) is 11.4 Å². The van der Waals surface area contributed by atoms with Crippen molar-refractivity contribution in [1.29, 1.82) is 0 Å². The lowest BCUT2D eigenvalue weighted by molar-refractivity contribution is -0.384. The van der Waals surface area contributed by atoms with Crippen molar-refractivity contribution in [3.05, 3.63) is 32.8 Å². The van der Waals surface area contributed by atoms with Crippen LogP contribution in [-0.4, -0.2) is 23.0 Å². The van der Waals surface area contributed by atoms with Crippen LogP contribution >= 0.6 is 27.7 Å².